The molecule has 2 N–H and O–H groups in total. The van der Waals surface area contributed by atoms with E-state index in [1.54, 1.807) is 0 Å². The zero-order valence-electron chi connectivity index (χ0n) is 13.7. The summed E-state index contributed by atoms with van der Waals surface area (Å²) < 4.78 is 11.4. The average Bonchev–Trinajstić information content (AvgIpc) is 2.94. The molecule has 0 amide bonds. The van der Waals surface area contributed by atoms with E-state index in [1.807, 2.05) is 26.8 Å². The van der Waals surface area contributed by atoms with Gasteiger partial charge in [0.05, 0.1) is 6.10 Å². The molecular weight excluding hydrogens is 266 g/mol. The molecular formula is C17H27NO3. The van der Waals surface area contributed by atoms with Crippen molar-refractivity contribution >= 4 is 0 Å². The zero-order chi connectivity index (χ0) is 15.4. The lowest BCUT2D eigenvalue weighted by Crippen LogP contribution is -2.66. The molecule has 4 atom stereocenters. The van der Waals surface area contributed by atoms with Crippen molar-refractivity contribution in [3.05, 3.63) is 23.2 Å². The minimum absolute atomic E-state index is 0.138. The Morgan fingerprint density at radius 3 is 2.76 bits per heavy atom. The molecule has 1 aliphatic carbocycles. The summed E-state index contributed by atoms with van der Waals surface area (Å²) in [6, 6.07) is 2.34. The number of hydrogen-bond acceptors (Lipinski definition) is 4. The van der Waals surface area contributed by atoms with Crippen LogP contribution in [0.2, 0.25) is 0 Å². The molecule has 0 spiro atoms. The van der Waals surface area contributed by atoms with E-state index in [-0.39, 0.29) is 5.41 Å². The monoisotopic (exact) mass is 293 g/mol. The van der Waals surface area contributed by atoms with E-state index in [9.17, 15) is 5.11 Å². The van der Waals surface area contributed by atoms with Crippen LogP contribution in [0.25, 0.3) is 0 Å². The van der Waals surface area contributed by atoms with Gasteiger partial charge >= 0.3 is 0 Å². The molecule has 1 saturated heterocycles. The van der Waals surface area contributed by atoms with Crippen molar-refractivity contribution in [1.29, 1.82) is 0 Å². The Morgan fingerprint density at radius 1 is 1.43 bits per heavy atom. The molecule has 4 unspecified atom stereocenters. The number of fused-ring (bicyclic) bond motifs is 1. The lowest BCUT2D eigenvalue weighted by atomic mass is 9.57. The molecule has 1 saturated carbocycles. The van der Waals surface area contributed by atoms with Crippen LogP contribution in [0.5, 0.6) is 0 Å². The molecule has 0 radical (unpaired) electrons. The minimum atomic E-state index is -0.914. The fourth-order valence-corrected chi connectivity index (χ4v) is 4.31. The molecule has 1 aliphatic heterocycles. The van der Waals surface area contributed by atoms with Gasteiger partial charge in [0.2, 0.25) is 0 Å². The zero-order valence-corrected chi connectivity index (χ0v) is 13.7. The van der Waals surface area contributed by atoms with Gasteiger partial charge in [-0.15, -0.1) is 0 Å². The molecule has 21 heavy (non-hydrogen) atoms. The van der Waals surface area contributed by atoms with Crippen molar-refractivity contribution in [2.45, 2.75) is 58.8 Å². The molecule has 2 heterocycles. The van der Waals surface area contributed by atoms with Crippen molar-refractivity contribution in [3.8, 4) is 0 Å². The second kappa shape index (κ2) is 4.83. The van der Waals surface area contributed by atoms with Crippen LogP contribution >= 0.6 is 0 Å². The van der Waals surface area contributed by atoms with Gasteiger partial charge in [0.15, 0.2) is 0 Å². The van der Waals surface area contributed by atoms with Crippen LogP contribution in [-0.2, 0) is 10.3 Å². The fourth-order valence-electron chi connectivity index (χ4n) is 4.31. The highest BCUT2D eigenvalue weighted by Crippen LogP contribution is 2.52. The number of aliphatic hydroxyl groups is 1. The molecule has 1 aromatic rings. The Kier molecular flexibility index (Phi) is 3.47. The number of furan rings is 1. The summed E-state index contributed by atoms with van der Waals surface area (Å²) in [7, 11) is 0. The third kappa shape index (κ3) is 2.33. The third-order valence-electron chi connectivity index (χ3n) is 5.39. The Balaban J connectivity index is 1.68. The van der Waals surface area contributed by atoms with Gasteiger partial charge in [-0.05, 0) is 33.3 Å². The highest BCUT2D eigenvalue weighted by atomic mass is 16.5. The van der Waals surface area contributed by atoms with Gasteiger partial charge in [-0.25, -0.2) is 0 Å². The highest BCUT2D eigenvalue weighted by Gasteiger charge is 2.59. The number of rotatable bonds is 4. The predicted molar refractivity (Wildman–Crippen MR) is 81.2 cm³/mol. The molecule has 4 nitrogen and oxygen atoms in total. The molecule has 1 aromatic heterocycles. The van der Waals surface area contributed by atoms with Crippen molar-refractivity contribution < 1.29 is 14.3 Å². The molecule has 0 bridgehead atoms. The molecule has 2 aliphatic rings. The van der Waals surface area contributed by atoms with Crippen molar-refractivity contribution in [2.75, 3.05) is 13.2 Å². The largest absolute Gasteiger partial charge is 0.466 e. The summed E-state index contributed by atoms with van der Waals surface area (Å²) in [6.07, 6.45) is 1.50. The van der Waals surface area contributed by atoms with Crippen molar-refractivity contribution in [2.24, 2.45) is 11.3 Å². The van der Waals surface area contributed by atoms with Crippen LogP contribution in [0.1, 0.15) is 44.3 Å². The van der Waals surface area contributed by atoms with E-state index < -0.39 is 5.60 Å². The Hall–Kier alpha value is -0.840. The maximum absolute atomic E-state index is 10.8. The van der Waals surface area contributed by atoms with Gasteiger partial charge in [-0.2, -0.15) is 0 Å². The van der Waals surface area contributed by atoms with Crippen LogP contribution in [0.15, 0.2) is 10.5 Å². The summed E-state index contributed by atoms with van der Waals surface area (Å²) in [6.45, 7) is 11.6. The number of hydrogen-bond donors (Lipinski definition) is 2. The topological polar surface area (TPSA) is 54.6 Å². The first-order valence-corrected chi connectivity index (χ1v) is 7.88. The third-order valence-corrected chi connectivity index (χ3v) is 5.39. The number of ether oxygens (including phenoxy) is 1. The Bertz CT molecular complexity index is 532. The fraction of sp³-hybridized carbons (Fsp3) is 0.765. The van der Waals surface area contributed by atoms with Gasteiger partial charge in [0.1, 0.15) is 17.1 Å². The quantitative estimate of drug-likeness (QED) is 0.895. The van der Waals surface area contributed by atoms with E-state index in [1.165, 1.54) is 0 Å². The van der Waals surface area contributed by atoms with E-state index >= 15 is 0 Å². The van der Waals surface area contributed by atoms with Gasteiger partial charge < -0.3 is 19.6 Å². The average molecular weight is 293 g/mol. The first-order valence-electron chi connectivity index (χ1n) is 7.88. The maximum Gasteiger partial charge on any atom is 0.107 e. The smallest absolute Gasteiger partial charge is 0.107 e. The lowest BCUT2D eigenvalue weighted by Gasteiger charge is -2.55. The summed E-state index contributed by atoms with van der Waals surface area (Å²) >= 11 is 0. The minimum Gasteiger partial charge on any atom is -0.466 e. The van der Waals surface area contributed by atoms with E-state index in [2.05, 4.69) is 19.2 Å². The van der Waals surface area contributed by atoms with Crippen LogP contribution < -0.4 is 5.32 Å². The van der Waals surface area contributed by atoms with E-state index in [0.29, 0.717) is 24.6 Å². The van der Waals surface area contributed by atoms with E-state index in [4.69, 9.17) is 9.15 Å². The van der Waals surface area contributed by atoms with Crippen LogP contribution in [0, 0.1) is 25.2 Å². The van der Waals surface area contributed by atoms with Gasteiger partial charge in [-0.3, -0.25) is 0 Å². The number of aryl methyl sites for hydroxylation is 2. The standard InChI is InChI=1S/C17H27NO3/c1-10-8-13(11(2)21-10)17(5,19)9-18-14-12-6-7-20-15(12)16(14,3)4/h8,12,14-15,18-19H,6-7,9H2,1-5H3. The van der Waals surface area contributed by atoms with Gasteiger partial charge in [0, 0.05) is 36.1 Å². The Labute approximate surface area is 126 Å². The summed E-state index contributed by atoms with van der Waals surface area (Å²) in [5, 5.41) is 14.4. The summed E-state index contributed by atoms with van der Waals surface area (Å²) in [4.78, 5) is 0. The van der Waals surface area contributed by atoms with Gasteiger partial charge in [-0.1, -0.05) is 13.8 Å². The second-order valence-electron chi connectivity index (χ2n) is 7.52. The molecule has 0 aromatic carbocycles. The van der Waals surface area contributed by atoms with E-state index in [0.717, 1.165) is 30.1 Å². The highest BCUT2D eigenvalue weighted by molar-refractivity contribution is 5.27. The maximum atomic E-state index is 10.8. The second-order valence-corrected chi connectivity index (χ2v) is 7.52. The SMILES string of the molecule is Cc1cc(C(C)(O)CNC2C3CCOC3C2(C)C)c(C)o1. The lowest BCUT2D eigenvalue weighted by molar-refractivity contribution is -0.117. The van der Waals surface area contributed by atoms with Gasteiger partial charge in [0.25, 0.3) is 0 Å². The molecule has 118 valence electrons. The molecule has 4 heteroatoms. The number of nitrogens with one attached hydrogen (secondary N) is 1. The Morgan fingerprint density at radius 2 is 2.14 bits per heavy atom. The molecule has 3 rings (SSSR count). The van der Waals surface area contributed by atoms with Crippen LogP contribution in [0.3, 0.4) is 0 Å². The van der Waals surface area contributed by atoms with Crippen LogP contribution in [-0.4, -0.2) is 30.4 Å². The molecule has 2 fully saturated rings. The summed E-state index contributed by atoms with van der Waals surface area (Å²) in [5.74, 6) is 2.23. The normalized spacial score (nSPS) is 33.3. The first-order chi connectivity index (χ1) is 9.73. The van der Waals surface area contributed by atoms with Crippen molar-refractivity contribution in [3.63, 3.8) is 0 Å². The van der Waals surface area contributed by atoms with Crippen LogP contribution in [0.4, 0.5) is 0 Å². The summed E-state index contributed by atoms with van der Waals surface area (Å²) in [5.41, 5.74) is 0.102. The predicted octanol–water partition coefficient (Wildman–Crippen LogP) is 2.51. The van der Waals surface area contributed by atoms with Crippen molar-refractivity contribution in [1.82, 2.24) is 5.32 Å². The first kappa shape index (κ1) is 15.1.